The zero-order valence-corrected chi connectivity index (χ0v) is 16.9. The molecule has 0 aliphatic heterocycles. The van der Waals surface area contributed by atoms with Crippen molar-refractivity contribution in [3.05, 3.63) is 32.2 Å². The Morgan fingerprint density at radius 1 is 1.21 bits per heavy atom. The minimum Gasteiger partial charge on any atom is -0.506 e. The molecule has 6 heteroatoms. The molecule has 1 rings (SSSR count). The normalized spacial score (nSPS) is 11.2. The van der Waals surface area contributed by atoms with Gasteiger partial charge in [0.25, 0.3) is 5.91 Å². The summed E-state index contributed by atoms with van der Waals surface area (Å²) in [4.78, 5) is 12.1. The second kappa shape index (κ2) is 11.3. The number of aromatic hydroxyl groups is 1. The highest BCUT2D eigenvalue weighted by Gasteiger charge is 2.10. The van der Waals surface area contributed by atoms with E-state index in [0.717, 1.165) is 12.8 Å². The number of phenols is 1. The zero-order valence-electron chi connectivity index (χ0n) is 13.7. The number of carbonyl (C=O) groups is 1. The molecule has 0 spiro atoms. The van der Waals surface area contributed by atoms with Crippen LogP contribution in [0.15, 0.2) is 26.7 Å². The number of nitrogens with zero attached hydrogens (tertiary/aromatic N) is 1. The van der Waals surface area contributed by atoms with Crippen LogP contribution in [0.25, 0.3) is 6.08 Å². The summed E-state index contributed by atoms with van der Waals surface area (Å²) >= 11 is 6.46. The van der Waals surface area contributed by atoms with Gasteiger partial charge < -0.3 is 10.4 Å². The number of amides is 1. The molecule has 0 fully saturated rings. The van der Waals surface area contributed by atoms with E-state index >= 15 is 0 Å². The molecule has 0 unspecified atom stereocenters. The van der Waals surface area contributed by atoms with E-state index in [2.05, 4.69) is 44.1 Å². The van der Waals surface area contributed by atoms with Crippen LogP contribution in [0, 0.1) is 11.3 Å². The largest absolute Gasteiger partial charge is 0.506 e. The van der Waals surface area contributed by atoms with Crippen LogP contribution in [0.4, 0.5) is 0 Å². The highest BCUT2D eigenvalue weighted by Crippen LogP contribution is 2.33. The molecule has 0 saturated heterocycles. The number of rotatable bonds is 9. The van der Waals surface area contributed by atoms with Crippen LogP contribution >= 0.6 is 31.9 Å². The monoisotopic (exact) mass is 456 g/mol. The minimum absolute atomic E-state index is 0.0467. The first-order chi connectivity index (χ1) is 11.5. The van der Waals surface area contributed by atoms with Crippen molar-refractivity contribution < 1.29 is 9.90 Å². The van der Waals surface area contributed by atoms with Crippen molar-refractivity contribution in [3.63, 3.8) is 0 Å². The van der Waals surface area contributed by atoms with Gasteiger partial charge in [0.2, 0.25) is 0 Å². The molecule has 2 N–H and O–H groups in total. The van der Waals surface area contributed by atoms with E-state index in [-0.39, 0.29) is 17.2 Å². The van der Waals surface area contributed by atoms with Crippen molar-refractivity contribution in [3.8, 4) is 11.8 Å². The van der Waals surface area contributed by atoms with E-state index < -0.39 is 0 Å². The Balaban J connectivity index is 2.56. The predicted octanol–water partition coefficient (Wildman–Crippen LogP) is 5.30. The van der Waals surface area contributed by atoms with E-state index in [1.165, 1.54) is 31.8 Å². The summed E-state index contributed by atoms with van der Waals surface area (Å²) in [5.74, 6) is -0.287. The number of halogens is 2. The van der Waals surface area contributed by atoms with Crippen LogP contribution in [0.1, 0.15) is 51.0 Å². The van der Waals surface area contributed by atoms with Crippen LogP contribution in [0.5, 0.6) is 5.75 Å². The Labute approximate surface area is 160 Å². The van der Waals surface area contributed by atoms with Crippen LogP contribution in [0.2, 0.25) is 0 Å². The molecule has 0 radical (unpaired) electrons. The second-order valence-corrected chi connectivity index (χ2v) is 7.24. The number of hydrogen-bond acceptors (Lipinski definition) is 3. The average Bonchev–Trinajstić information content (AvgIpc) is 2.56. The topological polar surface area (TPSA) is 73.1 Å². The summed E-state index contributed by atoms with van der Waals surface area (Å²) in [6.45, 7) is 2.76. The fourth-order valence-corrected chi connectivity index (χ4v) is 3.41. The first-order valence-corrected chi connectivity index (χ1v) is 9.66. The van der Waals surface area contributed by atoms with Gasteiger partial charge in [0.1, 0.15) is 17.4 Å². The van der Waals surface area contributed by atoms with Crippen molar-refractivity contribution in [1.82, 2.24) is 5.32 Å². The molecule has 1 amide bonds. The summed E-state index contributed by atoms with van der Waals surface area (Å²) in [5, 5.41) is 21.7. The van der Waals surface area contributed by atoms with Gasteiger partial charge in [-0.3, -0.25) is 4.79 Å². The molecule has 130 valence electrons. The van der Waals surface area contributed by atoms with E-state index in [9.17, 15) is 15.2 Å². The molecule has 0 aromatic heterocycles. The summed E-state index contributed by atoms with van der Waals surface area (Å²) in [7, 11) is 0. The van der Waals surface area contributed by atoms with Crippen molar-refractivity contribution in [2.75, 3.05) is 6.54 Å². The van der Waals surface area contributed by atoms with Gasteiger partial charge in [-0.15, -0.1) is 0 Å². The number of phenolic OH excluding ortho intramolecular Hbond substituents is 1. The summed E-state index contributed by atoms with van der Waals surface area (Å²) in [6.07, 6.45) is 8.40. The molecule has 1 aromatic carbocycles. The molecule has 0 saturated carbocycles. The number of carbonyl (C=O) groups excluding carboxylic acids is 1. The van der Waals surface area contributed by atoms with Crippen molar-refractivity contribution in [2.45, 2.75) is 45.4 Å². The van der Waals surface area contributed by atoms with E-state index in [1.807, 2.05) is 6.07 Å². The molecule has 0 aliphatic carbocycles. The van der Waals surface area contributed by atoms with Gasteiger partial charge in [-0.1, -0.05) is 39.0 Å². The predicted molar refractivity (Wildman–Crippen MR) is 103 cm³/mol. The zero-order chi connectivity index (χ0) is 17.9. The third kappa shape index (κ3) is 7.06. The molecule has 4 nitrogen and oxygen atoms in total. The number of benzene rings is 1. The lowest BCUT2D eigenvalue weighted by Crippen LogP contribution is -2.25. The summed E-state index contributed by atoms with van der Waals surface area (Å²) in [6, 6.07) is 5.23. The summed E-state index contributed by atoms with van der Waals surface area (Å²) < 4.78 is 0.987. The van der Waals surface area contributed by atoms with Crippen molar-refractivity contribution in [2.24, 2.45) is 0 Å². The van der Waals surface area contributed by atoms with E-state index in [4.69, 9.17) is 0 Å². The Bertz CT molecular complexity index is 613. The quantitative estimate of drug-likeness (QED) is 0.300. The summed E-state index contributed by atoms with van der Waals surface area (Å²) in [5.41, 5.74) is 0.697. The third-order valence-corrected chi connectivity index (χ3v) is 4.74. The van der Waals surface area contributed by atoms with Gasteiger partial charge in [0, 0.05) is 6.54 Å². The maximum Gasteiger partial charge on any atom is 0.261 e. The van der Waals surface area contributed by atoms with Crippen LogP contribution in [0.3, 0.4) is 0 Å². The van der Waals surface area contributed by atoms with Crippen LogP contribution < -0.4 is 5.32 Å². The Morgan fingerprint density at radius 2 is 1.79 bits per heavy atom. The molecular formula is C18H22Br2N2O2. The van der Waals surface area contributed by atoms with Crippen LogP contribution in [-0.2, 0) is 4.79 Å². The Morgan fingerprint density at radius 3 is 2.38 bits per heavy atom. The number of nitriles is 1. The number of nitrogens with one attached hydrogen (secondary N) is 1. The van der Waals surface area contributed by atoms with Gasteiger partial charge in [0.15, 0.2) is 0 Å². The molecule has 0 atom stereocenters. The lowest BCUT2D eigenvalue weighted by molar-refractivity contribution is -0.117. The van der Waals surface area contributed by atoms with Gasteiger partial charge >= 0.3 is 0 Å². The molecule has 0 aliphatic rings. The fraction of sp³-hybridized carbons (Fsp3) is 0.444. The van der Waals surface area contributed by atoms with Gasteiger partial charge in [-0.05, 0) is 62.1 Å². The van der Waals surface area contributed by atoms with Gasteiger partial charge in [0.05, 0.1) is 8.95 Å². The minimum atomic E-state index is -0.369. The highest BCUT2D eigenvalue weighted by atomic mass is 79.9. The molecule has 24 heavy (non-hydrogen) atoms. The number of hydrogen-bond donors (Lipinski definition) is 2. The van der Waals surface area contributed by atoms with E-state index in [1.54, 1.807) is 12.1 Å². The number of unbranched alkanes of at least 4 members (excludes halogenated alkanes) is 5. The van der Waals surface area contributed by atoms with Gasteiger partial charge in [-0.25, -0.2) is 0 Å². The molecule has 1 aromatic rings. The maximum absolute atomic E-state index is 12.1. The highest BCUT2D eigenvalue weighted by molar-refractivity contribution is 9.11. The molecule has 0 bridgehead atoms. The van der Waals surface area contributed by atoms with Crippen molar-refractivity contribution >= 4 is 43.8 Å². The van der Waals surface area contributed by atoms with Crippen LogP contribution in [-0.4, -0.2) is 17.6 Å². The van der Waals surface area contributed by atoms with Gasteiger partial charge in [-0.2, -0.15) is 5.26 Å². The smallest absolute Gasteiger partial charge is 0.261 e. The maximum atomic E-state index is 12.1. The van der Waals surface area contributed by atoms with E-state index in [0.29, 0.717) is 21.1 Å². The lowest BCUT2D eigenvalue weighted by Gasteiger charge is -2.06. The average molecular weight is 458 g/mol. The standard InChI is InChI=1S/C18H22Br2N2O2/c1-2-3-4-5-6-7-8-22-18(24)14(12-21)9-13-10-15(19)17(23)16(20)11-13/h9-11,23H,2-8H2,1H3,(H,22,24). The molecule has 0 heterocycles. The Kier molecular flexibility index (Phi) is 9.73. The lowest BCUT2D eigenvalue weighted by atomic mass is 10.1. The third-order valence-electron chi connectivity index (χ3n) is 3.53. The molecular weight excluding hydrogens is 436 g/mol. The first-order valence-electron chi connectivity index (χ1n) is 8.07. The van der Waals surface area contributed by atoms with Crippen molar-refractivity contribution in [1.29, 1.82) is 5.26 Å². The first kappa shape index (κ1) is 20.7. The second-order valence-electron chi connectivity index (χ2n) is 5.53. The Hall–Kier alpha value is -1.32. The fourth-order valence-electron chi connectivity index (χ4n) is 2.19. The SMILES string of the molecule is CCCCCCCCNC(=O)C(C#N)=Cc1cc(Br)c(O)c(Br)c1.